The van der Waals surface area contributed by atoms with Crippen molar-refractivity contribution >= 4 is 0 Å². The molecule has 0 saturated carbocycles. The predicted molar refractivity (Wildman–Crippen MR) is 76.3 cm³/mol. The molecule has 0 aliphatic rings. The van der Waals surface area contributed by atoms with Crippen LogP contribution in [0, 0.1) is 5.92 Å². The average molecular weight is 233 g/mol. The van der Waals surface area contributed by atoms with Crippen molar-refractivity contribution in [2.45, 2.75) is 52.5 Å². The van der Waals surface area contributed by atoms with Crippen LogP contribution in [0.1, 0.15) is 57.2 Å². The zero-order valence-electron chi connectivity index (χ0n) is 11.8. The van der Waals surface area contributed by atoms with Gasteiger partial charge in [0.2, 0.25) is 0 Å². The highest BCUT2D eigenvalue weighted by Gasteiger charge is 2.10. The molecule has 1 heteroatoms. The first-order valence-corrected chi connectivity index (χ1v) is 6.93. The summed E-state index contributed by atoms with van der Waals surface area (Å²) in [6.45, 7) is 6.82. The Labute approximate surface area is 107 Å². The van der Waals surface area contributed by atoms with Crippen molar-refractivity contribution in [3.05, 3.63) is 35.4 Å². The Bertz CT molecular complexity index is 317. The SMILES string of the molecule is CCCc1cccc(C(CCC(C)C)NC)c1. The van der Waals surface area contributed by atoms with Gasteiger partial charge in [-0.25, -0.2) is 0 Å². The number of hydrogen-bond donors (Lipinski definition) is 1. The molecule has 0 spiro atoms. The summed E-state index contributed by atoms with van der Waals surface area (Å²) < 4.78 is 0. The molecule has 0 heterocycles. The molecule has 0 radical (unpaired) electrons. The lowest BCUT2D eigenvalue weighted by Gasteiger charge is -2.18. The molecule has 0 saturated heterocycles. The molecular formula is C16H27N. The minimum Gasteiger partial charge on any atom is -0.313 e. The number of benzene rings is 1. The molecule has 1 N–H and O–H groups in total. The zero-order valence-corrected chi connectivity index (χ0v) is 11.8. The van der Waals surface area contributed by atoms with Crippen LogP contribution in [0.4, 0.5) is 0 Å². The second kappa shape index (κ2) is 7.50. The van der Waals surface area contributed by atoms with Gasteiger partial charge in [-0.2, -0.15) is 0 Å². The first-order chi connectivity index (χ1) is 8.17. The summed E-state index contributed by atoms with van der Waals surface area (Å²) in [6, 6.07) is 9.56. The van der Waals surface area contributed by atoms with E-state index in [1.165, 1.54) is 36.8 Å². The third-order valence-electron chi connectivity index (χ3n) is 3.27. The minimum absolute atomic E-state index is 0.509. The van der Waals surface area contributed by atoms with Crippen LogP contribution in [0.25, 0.3) is 0 Å². The number of aryl methyl sites for hydroxylation is 1. The molecule has 1 rings (SSSR count). The highest BCUT2D eigenvalue weighted by atomic mass is 14.9. The molecule has 0 aromatic heterocycles. The van der Waals surface area contributed by atoms with Gasteiger partial charge in [0.25, 0.3) is 0 Å². The van der Waals surface area contributed by atoms with Crippen molar-refractivity contribution in [3.63, 3.8) is 0 Å². The molecule has 0 fully saturated rings. The molecule has 17 heavy (non-hydrogen) atoms. The van der Waals surface area contributed by atoms with Crippen LogP contribution in [0.2, 0.25) is 0 Å². The van der Waals surface area contributed by atoms with Gasteiger partial charge in [0.1, 0.15) is 0 Å². The van der Waals surface area contributed by atoms with Gasteiger partial charge in [-0.3, -0.25) is 0 Å². The standard InChI is InChI=1S/C16H27N/c1-5-7-14-8-6-9-15(12-14)16(17-4)11-10-13(2)3/h6,8-9,12-13,16-17H,5,7,10-11H2,1-4H3. The van der Waals surface area contributed by atoms with Crippen LogP contribution < -0.4 is 5.32 Å². The molecule has 1 unspecified atom stereocenters. The maximum Gasteiger partial charge on any atom is 0.0317 e. The van der Waals surface area contributed by atoms with Crippen molar-refractivity contribution in [1.29, 1.82) is 0 Å². The highest BCUT2D eigenvalue weighted by Crippen LogP contribution is 2.21. The Morgan fingerprint density at radius 1 is 1.18 bits per heavy atom. The topological polar surface area (TPSA) is 12.0 Å². The van der Waals surface area contributed by atoms with Crippen molar-refractivity contribution in [3.8, 4) is 0 Å². The molecule has 1 aromatic carbocycles. The summed E-state index contributed by atoms with van der Waals surface area (Å²) in [5.41, 5.74) is 2.91. The molecule has 0 bridgehead atoms. The van der Waals surface area contributed by atoms with Gasteiger partial charge in [-0.05, 0) is 43.4 Å². The fraction of sp³-hybridized carbons (Fsp3) is 0.625. The Morgan fingerprint density at radius 3 is 2.53 bits per heavy atom. The first-order valence-electron chi connectivity index (χ1n) is 6.93. The van der Waals surface area contributed by atoms with Gasteiger partial charge in [-0.1, -0.05) is 51.5 Å². The lowest BCUT2D eigenvalue weighted by molar-refractivity contribution is 0.465. The monoisotopic (exact) mass is 233 g/mol. The van der Waals surface area contributed by atoms with E-state index >= 15 is 0 Å². The van der Waals surface area contributed by atoms with Gasteiger partial charge in [0.05, 0.1) is 0 Å². The van der Waals surface area contributed by atoms with E-state index in [1.807, 2.05) is 0 Å². The smallest absolute Gasteiger partial charge is 0.0317 e. The number of hydrogen-bond acceptors (Lipinski definition) is 1. The van der Waals surface area contributed by atoms with E-state index in [2.05, 4.69) is 57.4 Å². The van der Waals surface area contributed by atoms with E-state index in [0.29, 0.717) is 6.04 Å². The summed E-state index contributed by atoms with van der Waals surface area (Å²) in [5, 5.41) is 3.44. The fourth-order valence-corrected chi connectivity index (χ4v) is 2.23. The van der Waals surface area contributed by atoms with E-state index in [-0.39, 0.29) is 0 Å². The Kier molecular flexibility index (Phi) is 6.28. The van der Waals surface area contributed by atoms with E-state index in [1.54, 1.807) is 0 Å². The molecule has 1 aromatic rings. The normalized spacial score (nSPS) is 13.0. The van der Waals surface area contributed by atoms with E-state index in [4.69, 9.17) is 0 Å². The Balaban J connectivity index is 2.69. The Morgan fingerprint density at radius 2 is 1.94 bits per heavy atom. The maximum absolute atomic E-state index is 3.44. The summed E-state index contributed by atoms with van der Waals surface area (Å²) in [7, 11) is 2.07. The fourth-order valence-electron chi connectivity index (χ4n) is 2.23. The van der Waals surface area contributed by atoms with Crippen LogP contribution >= 0.6 is 0 Å². The second-order valence-electron chi connectivity index (χ2n) is 5.31. The van der Waals surface area contributed by atoms with Crippen LogP contribution in [0.5, 0.6) is 0 Å². The van der Waals surface area contributed by atoms with Crippen molar-refractivity contribution in [2.24, 2.45) is 5.92 Å². The average Bonchev–Trinajstić information content (AvgIpc) is 2.30. The second-order valence-corrected chi connectivity index (χ2v) is 5.31. The Hall–Kier alpha value is -0.820. The van der Waals surface area contributed by atoms with Gasteiger partial charge < -0.3 is 5.32 Å². The molecule has 0 aliphatic heterocycles. The van der Waals surface area contributed by atoms with Crippen LogP contribution in [-0.2, 0) is 6.42 Å². The van der Waals surface area contributed by atoms with E-state index < -0.39 is 0 Å². The lowest BCUT2D eigenvalue weighted by atomic mass is 9.96. The maximum atomic E-state index is 3.44. The molecular weight excluding hydrogens is 206 g/mol. The third-order valence-corrected chi connectivity index (χ3v) is 3.27. The molecule has 0 aliphatic carbocycles. The zero-order chi connectivity index (χ0) is 12.7. The van der Waals surface area contributed by atoms with E-state index in [0.717, 1.165) is 5.92 Å². The van der Waals surface area contributed by atoms with Crippen LogP contribution in [0.3, 0.4) is 0 Å². The summed E-state index contributed by atoms with van der Waals surface area (Å²) >= 11 is 0. The lowest BCUT2D eigenvalue weighted by Crippen LogP contribution is -2.17. The third kappa shape index (κ3) is 4.91. The molecule has 96 valence electrons. The summed E-state index contributed by atoms with van der Waals surface area (Å²) in [6.07, 6.45) is 4.92. The van der Waals surface area contributed by atoms with Crippen LogP contribution in [0.15, 0.2) is 24.3 Å². The van der Waals surface area contributed by atoms with Gasteiger partial charge in [-0.15, -0.1) is 0 Å². The quantitative estimate of drug-likeness (QED) is 0.739. The van der Waals surface area contributed by atoms with Gasteiger partial charge >= 0.3 is 0 Å². The summed E-state index contributed by atoms with van der Waals surface area (Å²) in [5.74, 6) is 0.782. The van der Waals surface area contributed by atoms with Gasteiger partial charge in [0.15, 0.2) is 0 Å². The summed E-state index contributed by atoms with van der Waals surface area (Å²) in [4.78, 5) is 0. The van der Waals surface area contributed by atoms with Crippen molar-refractivity contribution in [2.75, 3.05) is 7.05 Å². The number of rotatable bonds is 7. The largest absolute Gasteiger partial charge is 0.313 e. The molecule has 1 atom stereocenters. The molecule has 0 amide bonds. The molecule has 1 nitrogen and oxygen atoms in total. The van der Waals surface area contributed by atoms with Crippen molar-refractivity contribution < 1.29 is 0 Å². The van der Waals surface area contributed by atoms with Crippen molar-refractivity contribution in [1.82, 2.24) is 5.32 Å². The predicted octanol–water partition coefficient (Wildman–Crippen LogP) is 4.34. The van der Waals surface area contributed by atoms with E-state index in [9.17, 15) is 0 Å². The number of nitrogens with one attached hydrogen (secondary N) is 1. The van der Waals surface area contributed by atoms with Gasteiger partial charge in [0, 0.05) is 6.04 Å². The minimum atomic E-state index is 0.509. The first kappa shape index (κ1) is 14.2. The highest BCUT2D eigenvalue weighted by molar-refractivity contribution is 5.26. The van der Waals surface area contributed by atoms with Crippen LogP contribution in [-0.4, -0.2) is 7.05 Å².